The molecule has 0 radical (unpaired) electrons. The minimum atomic E-state index is 0.0753. The topological polar surface area (TPSA) is 51.2 Å². The summed E-state index contributed by atoms with van der Waals surface area (Å²) in [6, 6.07) is 5.99. The van der Waals surface area contributed by atoms with Gasteiger partial charge in [0, 0.05) is 13.1 Å². The van der Waals surface area contributed by atoms with Crippen LogP contribution in [0.1, 0.15) is 5.56 Å². The molecule has 1 aromatic rings. The molecule has 0 aromatic heterocycles. The number of benzene rings is 1. The number of nitrogens with zero attached hydrogens (tertiary/aromatic N) is 1. The van der Waals surface area contributed by atoms with Gasteiger partial charge in [0.15, 0.2) is 11.5 Å². The van der Waals surface area contributed by atoms with Crippen LogP contribution in [0.3, 0.4) is 0 Å². The van der Waals surface area contributed by atoms with Crippen LogP contribution in [0, 0.1) is 0 Å². The second-order valence-electron chi connectivity index (χ2n) is 4.26. The van der Waals surface area contributed by atoms with Gasteiger partial charge in [0.1, 0.15) is 0 Å². The van der Waals surface area contributed by atoms with Crippen LogP contribution in [-0.4, -0.2) is 50.2 Å². The van der Waals surface area contributed by atoms with Crippen LogP contribution in [0.4, 0.5) is 0 Å². The summed E-state index contributed by atoms with van der Waals surface area (Å²) in [6.45, 7) is 3.07. The molecule has 1 N–H and O–H groups in total. The van der Waals surface area contributed by atoms with Gasteiger partial charge in [0.2, 0.25) is 6.79 Å². The fraction of sp³-hybridized carbons (Fsp3) is 0.538. The molecule has 0 saturated heterocycles. The van der Waals surface area contributed by atoms with Crippen molar-refractivity contribution < 1.29 is 19.3 Å². The summed E-state index contributed by atoms with van der Waals surface area (Å²) in [6.07, 6.45) is 0. The summed E-state index contributed by atoms with van der Waals surface area (Å²) < 4.78 is 15.8. The first-order valence-corrected chi connectivity index (χ1v) is 6.05. The molecule has 0 amide bonds. The Hall–Kier alpha value is -1.30. The summed E-state index contributed by atoms with van der Waals surface area (Å²) in [4.78, 5) is 2.16. The molecule has 0 atom stereocenters. The van der Waals surface area contributed by atoms with E-state index in [1.807, 2.05) is 25.2 Å². The molecule has 0 aliphatic carbocycles. The Bertz CT molecular complexity index is 383. The molecular formula is C13H19NO4. The smallest absolute Gasteiger partial charge is 0.231 e. The summed E-state index contributed by atoms with van der Waals surface area (Å²) in [5, 5.41) is 8.59. The maximum Gasteiger partial charge on any atom is 0.231 e. The maximum absolute atomic E-state index is 8.59. The van der Waals surface area contributed by atoms with E-state index in [1.165, 1.54) is 5.56 Å². The van der Waals surface area contributed by atoms with Crippen molar-refractivity contribution in [3.63, 3.8) is 0 Å². The molecule has 2 rings (SSSR count). The van der Waals surface area contributed by atoms with Crippen LogP contribution in [0.25, 0.3) is 0 Å². The highest BCUT2D eigenvalue weighted by Gasteiger charge is 2.13. The minimum Gasteiger partial charge on any atom is -0.454 e. The van der Waals surface area contributed by atoms with Crippen molar-refractivity contribution in [2.45, 2.75) is 6.54 Å². The van der Waals surface area contributed by atoms with Crippen LogP contribution in [0.5, 0.6) is 11.5 Å². The van der Waals surface area contributed by atoms with Crippen molar-refractivity contribution in [3.8, 4) is 11.5 Å². The van der Waals surface area contributed by atoms with E-state index >= 15 is 0 Å². The lowest BCUT2D eigenvalue weighted by atomic mass is 10.2. The van der Waals surface area contributed by atoms with Gasteiger partial charge < -0.3 is 19.3 Å². The monoisotopic (exact) mass is 253 g/mol. The zero-order valence-corrected chi connectivity index (χ0v) is 10.6. The first-order valence-electron chi connectivity index (χ1n) is 6.05. The standard InChI is InChI=1S/C13H19NO4/c1-14(4-6-16-7-5-15)9-11-2-3-12-13(8-11)18-10-17-12/h2-3,8,15H,4-7,9-10H2,1H3. The molecule has 5 heteroatoms. The average molecular weight is 253 g/mol. The number of ether oxygens (including phenoxy) is 3. The van der Waals surface area contributed by atoms with E-state index in [2.05, 4.69) is 4.90 Å². The highest BCUT2D eigenvalue weighted by atomic mass is 16.7. The Balaban J connectivity index is 1.78. The van der Waals surface area contributed by atoms with Gasteiger partial charge >= 0.3 is 0 Å². The molecule has 100 valence electrons. The number of aliphatic hydroxyl groups excluding tert-OH is 1. The van der Waals surface area contributed by atoms with Crippen LogP contribution < -0.4 is 9.47 Å². The van der Waals surface area contributed by atoms with Crippen LogP contribution in [0.2, 0.25) is 0 Å². The summed E-state index contributed by atoms with van der Waals surface area (Å²) >= 11 is 0. The number of rotatable bonds is 7. The van der Waals surface area contributed by atoms with Crippen molar-refractivity contribution in [2.75, 3.05) is 40.2 Å². The number of hydrogen-bond acceptors (Lipinski definition) is 5. The molecule has 0 fully saturated rings. The number of aliphatic hydroxyl groups is 1. The lowest BCUT2D eigenvalue weighted by molar-refractivity contribution is 0.0773. The third kappa shape index (κ3) is 3.60. The Kier molecular flexibility index (Phi) is 4.81. The highest BCUT2D eigenvalue weighted by molar-refractivity contribution is 5.44. The third-order valence-electron chi connectivity index (χ3n) is 2.74. The molecule has 0 saturated carbocycles. The maximum atomic E-state index is 8.59. The Labute approximate surface area is 107 Å². The normalized spacial score (nSPS) is 13.3. The molecule has 1 heterocycles. The predicted octanol–water partition coefficient (Wildman–Crippen LogP) is 0.856. The quantitative estimate of drug-likeness (QED) is 0.730. The lowest BCUT2D eigenvalue weighted by Crippen LogP contribution is -2.23. The van der Waals surface area contributed by atoms with Gasteiger partial charge in [-0.2, -0.15) is 0 Å². The van der Waals surface area contributed by atoms with Crippen molar-refractivity contribution >= 4 is 0 Å². The molecule has 18 heavy (non-hydrogen) atoms. The second-order valence-corrected chi connectivity index (χ2v) is 4.26. The molecule has 1 aromatic carbocycles. The van der Waals surface area contributed by atoms with E-state index in [-0.39, 0.29) is 6.61 Å². The molecular weight excluding hydrogens is 234 g/mol. The summed E-state index contributed by atoms with van der Waals surface area (Å²) in [5.41, 5.74) is 1.18. The van der Waals surface area contributed by atoms with Gasteiger partial charge in [-0.05, 0) is 24.7 Å². The minimum absolute atomic E-state index is 0.0753. The highest BCUT2D eigenvalue weighted by Crippen LogP contribution is 2.32. The molecule has 1 aliphatic heterocycles. The van der Waals surface area contributed by atoms with Gasteiger partial charge in [0.25, 0.3) is 0 Å². The Morgan fingerprint density at radius 1 is 1.28 bits per heavy atom. The van der Waals surface area contributed by atoms with Crippen molar-refractivity contribution in [1.82, 2.24) is 4.90 Å². The predicted molar refractivity (Wildman–Crippen MR) is 66.8 cm³/mol. The van der Waals surface area contributed by atoms with Gasteiger partial charge in [0.05, 0.1) is 19.8 Å². The molecule has 0 bridgehead atoms. The van der Waals surface area contributed by atoms with Gasteiger partial charge in [-0.1, -0.05) is 6.07 Å². The molecule has 0 unspecified atom stereocenters. The fourth-order valence-electron chi connectivity index (χ4n) is 1.82. The second kappa shape index (κ2) is 6.58. The SMILES string of the molecule is CN(CCOCCO)Cc1ccc2c(c1)OCO2. The zero-order valence-electron chi connectivity index (χ0n) is 10.6. The number of likely N-dealkylation sites (N-methyl/N-ethyl adjacent to an activating group) is 1. The van der Waals surface area contributed by atoms with Gasteiger partial charge in [-0.25, -0.2) is 0 Å². The van der Waals surface area contributed by atoms with E-state index in [4.69, 9.17) is 19.3 Å². The summed E-state index contributed by atoms with van der Waals surface area (Å²) in [5.74, 6) is 1.63. The largest absolute Gasteiger partial charge is 0.454 e. The van der Waals surface area contributed by atoms with E-state index in [1.54, 1.807) is 0 Å². The van der Waals surface area contributed by atoms with E-state index in [0.717, 1.165) is 24.6 Å². The van der Waals surface area contributed by atoms with Gasteiger partial charge in [-0.3, -0.25) is 4.90 Å². The third-order valence-corrected chi connectivity index (χ3v) is 2.74. The zero-order chi connectivity index (χ0) is 12.8. The first kappa shape index (κ1) is 13.1. The van der Waals surface area contributed by atoms with Crippen LogP contribution >= 0.6 is 0 Å². The number of hydrogen-bond donors (Lipinski definition) is 1. The average Bonchev–Trinajstić information content (AvgIpc) is 2.82. The van der Waals surface area contributed by atoms with E-state index in [9.17, 15) is 0 Å². The van der Waals surface area contributed by atoms with E-state index < -0.39 is 0 Å². The van der Waals surface area contributed by atoms with Crippen molar-refractivity contribution in [3.05, 3.63) is 23.8 Å². The van der Waals surface area contributed by atoms with Crippen molar-refractivity contribution in [1.29, 1.82) is 0 Å². The lowest BCUT2D eigenvalue weighted by Gasteiger charge is -2.16. The number of fused-ring (bicyclic) bond motifs is 1. The Morgan fingerprint density at radius 3 is 2.94 bits per heavy atom. The summed E-state index contributed by atoms with van der Waals surface area (Å²) in [7, 11) is 2.03. The van der Waals surface area contributed by atoms with Gasteiger partial charge in [-0.15, -0.1) is 0 Å². The van der Waals surface area contributed by atoms with Crippen LogP contribution in [0.15, 0.2) is 18.2 Å². The van der Waals surface area contributed by atoms with E-state index in [0.29, 0.717) is 20.0 Å². The molecule has 0 spiro atoms. The molecule has 1 aliphatic rings. The molecule has 5 nitrogen and oxygen atoms in total. The Morgan fingerprint density at radius 2 is 2.11 bits per heavy atom. The van der Waals surface area contributed by atoms with Crippen LogP contribution in [-0.2, 0) is 11.3 Å². The van der Waals surface area contributed by atoms with Crippen molar-refractivity contribution in [2.24, 2.45) is 0 Å². The fourth-order valence-corrected chi connectivity index (χ4v) is 1.82. The first-order chi connectivity index (χ1) is 8.79.